The van der Waals surface area contributed by atoms with Gasteiger partial charge < -0.3 is 14.3 Å². The number of unbranched alkanes of at least 4 members (excludes halogenated alkanes) is 5. The van der Waals surface area contributed by atoms with Crippen LogP contribution in [0.5, 0.6) is 0 Å². The Kier molecular flexibility index (Phi) is 5.88. The van der Waals surface area contributed by atoms with Gasteiger partial charge in [0.25, 0.3) is 0 Å². The lowest BCUT2D eigenvalue weighted by molar-refractivity contribution is -0.147. The second-order valence-corrected chi connectivity index (χ2v) is 4.30. The van der Waals surface area contributed by atoms with Gasteiger partial charge in [0.15, 0.2) is 5.79 Å². The van der Waals surface area contributed by atoms with Gasteiger partial charge in [-0.05, 0) is 19.8 Å². The molecule has 0 aliphatic carbocycles. The van der Waals surface area contributed by atoms with Gasteiger partial charge in [0.2, 0.25) is 0 Å². The van der Waals surface area contributed by atoms with Crippen molar-refractivity contribution in [1.82, 2.24) is 0 Å². The van der Waals surface area contributed by atoms with Crippen molar-refractivity contribution in [2.45, 2.75) is 57.7 Å². The smallest absolute Gasteiger partial charge is 0.165 e. The van der Waals surface area contributed by atoms with Crippen LogP contribution in [0.3, 0.4) is 0 Å². The molecule has 0 aromatic rings. The summed E-state index contributed by atoms with van der Waals surface area (Å²) in [5.41, 5.74) is 0. The third-order valence-corrected chi connectivity index (χ3v) is 2.85. The van der Waals surface area contributed by atoms with E-state index in [1.807, 2.05) is 6.92 Å². The summed E-state index contributed by atoms with van der Waals surface area (Å²) >= 11 is 0. The number of hydrogen-bond donors (Lipinski definition) is 0. The molecule has 1 rings (SSSR count). The van der Waals surface area contributed by atoms with Crippen LogP contribution in [0.2, 0.25) is 0 Å². The van der Waals surface area contributed by atoms with E-state index in [2.05, 4.69) is 0 Å². The number of carbonyl (C=O) groups excluding carboxylic acids is 1. The van der Waals surface area contributed by atoms with Gasteiger partial charge in [-0.1, -0.05) is 19.3 Å². The van der Waals surface area contributed by atoms with Crippen LogP contribution >= 0.6 is 0 Å². The molecule has 3 nitrogen and oxygen atoms in total. The Hall–Kier alpha value is -0.410. The highest BCUT2D eigenvalue weighted by Gasteiger charge is 2.29. The van der Waals surface area contributed by atoms with Crippen LogP contribution in [0, 0.1) is 0 Å². The first kappa shape index (κ1) is 12.7. The van der Waals surface area contributed by atoms with E-state index >= 15 is 0 Å². The molecule has 1 fully saturated rings. The molecule has 0 saturated carbocycles. The zero-order chi connectivity index (χ0) is 11.0. The zero-order valence-electron chi connectivity index (χ0n) is 9.67. The molecule has 1 saturated heterocycles. The molecule has 0 unspecified atom stereocenters. The summed E-state index contributed by atoms with van der Waals surface area (Å²) in [5, 5.41) is 0. The van der Waals surface area contributed by atoms with Crippen molar-refractivity contribution < 1.29 is 14.3 Å². The van der Waals surface area contributed by atoms with Gasteiger partial charge in [0.05, 0.1) is 13.2 Å². The van der Waals surface area contributed by atoms with Crippen LogP contribution in [0.1, 0.15) is 51.9 Å². The van der Waals surface area contributed by atoms with Gasteiger partial charge in [-0.25, -0.2) is 0 Å². The van der Waals surface area contributed by atoms with Crippen LogP contribution in [0.25, 0.3) is 0 Å². The molecule has 0 N–H and O–H groups in total. The molecule has 0 aromatic carbocycles. The lowest BCUT2D eigenvalue weighted by Gasteiger charge is -2.21. The first-order valence-electron chi connectivity index (χ1n) is 5.98. The molecule has 1 aliphatic heterocycles. The molecular formula is C12H22O3. The minimum atomic E-state index is -0.317. The largest absolute Gasteiger partial charge is 0.348 e. The Labute approximate surface area is 92.1 Å². The van der Waals surface area contributed by atoms with Gasteiger partial charge in [-0.15, -0.1) is 0 Å². The van der Waals surface area contributed by atoms with Crippen LogP contribution in [0.15, 0.2) is 0 Å². The predicted molar refractivity (Wildman–Crippen MR) is 58.7 cm³/mol. The number of ether oxygens (including phenoxy) is 2. The van der Waals surface area contributed by atoms with E-state index in [0.717, 1.165) is 45.2 Å². The molecular weight excluding hydrogens is 192 g/mol. The van der Waals surface area contributed by atoms with Gasteiger partial charge in [0, 0.05) is 12.8 Å². The maximum Gasteiger partial charge on any atom is 0.165 e. The summed E-state index contributed by atoms with van der Waals surface area (Å²) in [4.78, 5) is 10.1. The first-order chi connectivity index (χ1) is 7.27. The van der Waals surface area contributed by atoms with Crippen molar-refractivity contribution in [2.24, 2.45) is 0 Å². The second-order valence-electron chi connectivity index (χ2n) is 4.30. The molecule has 0 bridgehead atoms. The van der Waals surface area contributed by atoms with Crippen LogP contribution in [-0.2, 0) is 14.3 Å². The van der Waals surface area contributed by atoms with Crippen molar-refractivity contribution in [3.05, 3.63) is 0 Å². The Morgan fingerprint density at radius 3 is 2.33 bits per heavy atom. The molecule has 0 amide bonds. The summed E-state index contributed by atoms with van der Waals surface area (Å²) < 4.78 is 11.0. The lowest BCUT2D eigenvalue weighted by atomic mass is 10.1. The number of rotatable bonds is 8. The van der Waals surface area contributed by atoms with E-state index in [4.69, 9.17) is 9.47 Å². The van der Waals surface area contributed by atoms with E-state index in [9.17, 15) is 4.79 Å². The number of carbonyl (C=O) groups is 1. The monoisotopic (exact) mass is 214 g/mol. The van der Waals surface area contributed by atoms with Gasteiger partial charge >= 0.3 is 0 Å². The Bertz CT molecular complexity index is 174. The summed E-state index contributed by atoms with van der Waals surface area (Å²) in [6.45, 7) is 3.48. The average Bonchev–Trinajstić information content (AvgIpc) is 2.64. The van der Waals surface area contributed by atoms with Gasteiger partial charge in [-0.2, -0.15) is 0 Å². The van der Waals surface area contributed by atoms with Gasteiger partial charge in [0.1, 0.15) is 6.29 Å². The minimum Gasteiger partial charge on any atom is -0.348 e. The summed E-state index contributed by atoms with van der Waals surface area (Å²) in [6.07, 6.45) is 8.47. The third-order valence-electron chi connectivity index (χ3n) is 2.85. The summed E-state index contributed by atoms with van der Waals surface area (Å²) in [6, 6.07) is 0. The Morgan fingerprint density at radius 1 is 1.07 bits per heavy atom. The van der Waals surface area contributed by atoms with Gasteiger partial charge in [-0.3, -0.25) is 0 Å². The standard InChI is InChI=1S/C12H22O3/c1-12(14-10-11-15-12)8-6-4-2-3-5-7-9-13/h9H,2-8,10-11H2,1H3. The molecule has 0 radical (unpaired) electrons. The van der Waals surface area contributed by atoms with E-state index in [-0.39, 0.29) is 5.79 Å². The maximum atomic E-state index is 10.1. The maximum absolute atomic E-state index is 10.1. The fraction of sp³-hybridized carbons (Fsp3) is 0.917. The Balaban J connectivity index is 1.90. The molecule has 3 heteroatoms. The topological polar surface area (TPSA) is 35.5 Å². The minimum absolute atomic E-state index is 0.317. The highest BCUT2D eigenvalue weighted by molar-refractivity contribution is 5.48. The Morgan fingerprint density at radius 2 is 1.67 bits per heavy atom. The molecule has 1 heterocycles. The summed E-state index contributed by atoms with van der Waals surface area (Å²) in [7, 11) is 0. The molecule has 1 aliphatic rings. The predicted octanol–water partition coefficient (Wildman–Crippen LogP) is 2.68. The van der Waals surface area contributed by atoms with E-state index in [1.165, 1.54) is 12.8 Å². The molecule has 15 heavy (non-hydrogen) atoms. The highest BCUT2D eigenvalue weighted by atomic mass is 16.7. The van der Waals surface area contributed by atoms with Crippen molar-refractivity contribution in [3.63, 3.8) is 0 Å². The molecule has 0 spiro atoms. The quantitative estimate of drug-likeness (QED) is 0.460. The highest BCUT2D eigenvalue weighted by Crippen LogP contribution is 2.25. The SMILES string of the molecule is CC1(CCCCCCCC=O)OCCO1. The van der Waals surface area contributed by atoms with Crippen LogP contribution < -0.4 is 0 Å². The lowest BCUT2D eigenvalue weighted by Crippen LogP contribution is -2.24. The van der Waals surface area contributed by atoms with Crippen molar-refractivity contribution in [3.8, 4) is 0 Å². The molecule has 0 atom stereocenters. The fourth-order valence-electron chi connectivity index (χ4n) is 1.91. The van der Waals surface area contributed by atoms with E-state index in [0.29, 0.717) is 6.42 Å². The van der Waals surface area contributed by atoms with Crippen LogP contribution in [0.4, 0.5) is 0 Å². The normalized spacial score (nSPS) is 19.3. The number of hydrogen-bond acceptors (Lipinski definition) is 3. The van der Waals surface area contributed by atoms with Crippen molar-refractivity contribution in [2.75, 3.05) is 13.2 Å². The first-order valence-corrected chi connectivity index (χ1v) is 5.98. The average molecular weight is 214 g/mol. The summed E-state index contributed by atoms with van der Waals surface area (Å²) in [5.74, 6) is -0.317. The van der Waals surface area contributed by atoms with Crippen molar-refractivity contribution >= 4 is 6.29 Å². The molecule has 0 aromatic heterocycles. The van der Waals surface area contributed by atoms with Crippen molar-refractivity contribution in [1.29, 1.82) is 0 Å². The second kappa shape index (κ2) is 6.96. The number of aldehydes is 1. The fourth-order valence-corrected chi connectivity index (χ4v) is 1.91. The molecule has 88 valence electrons. The van der Waals surface area contributed by atoms with E-state index in [1.54, 1.807) is 0 Å². The zero-order valence-corrected chi connectivity index (χ0v) is 9.67. The van der Waals surface area contributed by atoms with E-state index < -0.39 is 0 Å². The third kappa shape index (κ3) is 5.28. The van der Waals surface area contributed by atoms with Crippen LogP contribution in [-0.4, -0.2) is 25.3 Å².